The Bertz CT molecular complexity index is 382. The number of Topliss-reactive ketones (excluding diaryl/α,β-unsaturated/α-hetero) is 1. The van der Waals surface area contributed by atoms with Gasteiger partial charge in [0.2, 0.25) is 0 Å². The van der Waals surface area contributed by atoms with Gasteiger partial charge in [0, 0.05) is 6.20 Å². The third kappa shape index (κ3) is 4.02. The summed E-state index contributed by atoms with van der Waals surface area (Å²) in [5.74, 6) is 2.19. The molecule has 1 aromatic heterocycles. The standard InChI is InChI=1S/C11H15ClN2OS/c1-7(2)5-16-6-10(15)9-3-8(12)4-14-11(9)13/h3-4,7H,5-6H2,1-2H3,(H2,13,14). The average Bonchev–Trinajstić information content (AvgIpc) is 2.21. The fourth-order valence-corrected chi connectivity index (χ4v) is 2.23. The van der Waals surface area contributed by atoms with Crippen LogP contribution < -0.4 is 5.73 Å². The van der Waals surface area contributed by atoms with Gasteiger partial charge in [0.1, 0.15) is 5.82 Å². The number of anilines is 1. The third-order valence-electron chi connectivity index (χ3n) is 1.87. The summed E-state index contributed by atoms with van der Waals surface area (Å²) in [7, 11) is 0. The zero-order valence-electron chi connectivity index (χ0n) is 9.37. The van der Waals surface area contributed by atoms with Crippen molar-refractivity contribution < 1.29 is 4.79 Å². The normalized spacial score (nSPS) is 10.8. The van der Waals surface area contributed by atoms with E-state index in [4.69, 9.17) is 17.3 Å². The number of nitrogens with zero attached hydrogens (tertiary/aromatic N) is 1. The molecule has 0 aromatic carbocycles. The predicted octanol–water partition coefficient (Wildman–Crippen LogP) is 2.89. The van der Waals surface area contributed by atoms with Crippen molar-refractivity contribution in [1.82, 2.24) is 4.98 Å². The highest BCUT2D eigenvalue weighted by Crippen LogP contribution is 2.18. The highest BCUT2D eigenvalue weighted by molar-refractivity contribution is 7.99. The van der Waals surface area contributed by atoms with E-state index in [1.807, 2.05) is 0 Å². The van der Waals surface area contributed by atoms with Crippen molar-refractivity contribution in [1.29, 1.82) is 0 Å². The second kappa shape index (κ2) is 6.11. The average molecular weight is 259 g/mol. The van der Waals surface area contributed by atoms with Gasteiger partial charge in [-0.3, -0.25) is 4.79 Å². The molecule has 2 N–H and O–H groups in total. The van der Waals surface area contributed by atoms with Crippen LogP contribution in [-0.2, 0) is 0 Å². The largest absolute Gasteiger partial charge is 0.383 e. The quantitative estimate of drug-likeness (QED) is 0.825. The van der Waals surface area contributed by atoms with E-state index in [2.05, 4.69) is 18.8 Å². The van der Waals surface area contributed by atoms with E-state index in [1.54, 1.807) is 17.8 Å². The van der Waals surface area contributed by atoms with E-state index in [9.17, 15) is 4.79 Å². The molecule has 0 aliphatic rings. The minimum absolute atomic E-state index is 0.0156. The first kappa shape index (κ1) is 13.3. The zero-order chi connectivity index (χ0) is 12.1. The van der Waals surface area contributed by atoms with Gasteiger partial charge in [0.15, 0.2) is 5.78 Å². The molecule has 0 aliphatic heterocycles. The summed E-state index contributed by atoms with van der Waals surface area (Å²) < 4.78 is 0. The first-order valence-electron chi connectivity index (χ1n) is 5.02. The number of aromatic nitrogens is 1. The molecule has 1 rings (SSSR count). The highest BCUT2D eigenvalue weighted by atomic mass is 35.5. The van der Waals surface area contributed by atoms with E-state index in [1.165, 1.54) is 6.20 Å². The molecular weight excluding hydrogens is 244 g/mol. The van der Waals surface area contributed by atoms with Gasteiger partial charge in [-0.15, -0.1) is 0 Å². The maximum atomic E-state index is 11.8. The van der Waals surface area contributed by atoms with Gasteiger partial charge in [-0.1, -0.05) is 25.4 Å². The van der Waals surface area contributed by atoms with Gasteiger partial charge in [0.05, 0.1) is 16.3 Å². The van der Waals surface area contributed by atoms with Gasteiger partial charge in [-0.05, 0) is 17.7 Å². The van der Waals surface area contributed by atoms with E-state index in [-0.39, 0.29) is 11.6 Å². The molecular formula is C11H15ClN2OS. The number of halogens is 1. The van der Waals surface area contributed by atoms with Crippen LogP contribution in [0.2, 0.25) is 5.02 Å². The SMILES string of the molecule is CC(C)CSCC(=O)c1cc(Cl)cnc1N. The lowest BCUT2D eigenvalue weighted by Gasteiger charge is -2.06. The molecule has 0 fully saturated rings. The predicted molar refractivity (Wildman–Crippen MR) is 70.2 cm³/mol. The topological polar surface area (TPSA) is 56.0 Å². The lowest BCUT2D eigenvalue weighted by Crippen LogP contribution is -2.09. The van der Waals surface area contributed by atoms with E-state index < -0.39 is 0 Å². The molecule has 5 heteroatoms. The van der Waals surface area contributed by atoms with Gasteiger partial charge in [0.25, 0.3) is 0 Å². The Balaban J connectivity index is 2.62. The van der Waals surface area contributed by atoms with Gasteiger partial charge >= 0.3 is 0 Å². The Kier molecular flexibility index (Phi) is 5.09. The van der Waals surface area contributed by atoms with Gasteiger partial charge in [-0.25, -0.2) is 4.98 Å². The number of nitrogens with two attached hydrogens (primary N) is 1. The van der Waals surface area contributed by atoms with Crippen molar-refractivity contribution in [3.05, 3.63) is 22.8 Å². The van der Waals surface area contributed by atoms with Crippen LogP contribution in [0.15, 0.2) is 12.3 Å². The number of thioether (sulfide) groups is 1. The van der Waals surface area contributed by atoms with E-state index in [0.717, 1.165) is 5.75 Å². The molecule has 0 radical (unpaired) electrons. The summed E-state index contributed by atoms with van der Waals surface area (Å²) in [4.78, 5) is 15.7. The summed E-state index contributed by atoms with van der Waals surface area (Å²) >= 11 is 7.37. The van der Waals surface area contributed by atoms with Crippen LogP contribution in [0.1, 0.15) is 24.2 Å². The Morgan fingerprint density at radius 3 is 2.94 bits per heavy atom. The highest BCUT2D eigenvalue weighted by Gasteiger charge is 2.11. The number of carbonyl (C=O) groups is 1. The van der Waals surface area contributed by atoms with Crippen LogP contribution in [0.3, 0.4) is 0 Å². The molecule has 3 nitrogen and oxygen atoms in total. The van der Waals surface area contributed by atoms with Gasteiger partial charge < -0.3 is 5.73 Å². The summed E-state index contributed by atoms with van der Waals surface area (Å²) in [6.45, 7) is 4.24. The molecule has 0 unspecified atom stereocenters. The maximum Gasteiger partial charge on any atom is 0.176 e. The van der Waals surface area contributed by atoms with Crippen molar-refractivity contribution in [3.8, 4) is 0 Å². The molecule has 0 spiro atoms. The zero-order valence-corrected chi connectivity index (χ0v) is 10.9. The number of hydrogen-bond donors (Lipinski definition) is 1. The Labute approximate surface area is 105 Å². The van der Waals surface area contributed by atoms with Crippen molar-refractivity contribution in [2.45, 2.75) is 13.8 Å². The van der Waals surface area contributed by atoms with Crippen LogP contribution in [0, 0.1) is 5.92 Å². The first-order chi connectivity index (χ1) is 7.50. The fourth-order valence-electron chi connectivity index (χ4n) is 1.14. The number of hydrogen-bond acceptors (Lipinski definition) is 4. The second-order valence-electron chi connectivity index (χ2n) is 3.92. The smallest absolute Gasteiger partial charge is 0.176 e. The van der Waals surface area contributed by atoms with Crippen molar-refractivity contribution in [2.24, 2.45) is 5.92 Å². The minimum atomic E-state index is -0.0156. The Morgan fingerprint density at radius 2 is 2.31 bits per heavy atom. The lowest BCUT2D eigenvalue weighted by atomic mass is 10.2. The fraction of sp³-hybridized carbons (Fsp3) is 0.455. The molecule has 0 aliphatic carbocycles. The number of carbonyl (C=O) groups excluding carboxylic acids is 1. The molecule has 1 aromatic rings. The number of pyridine rings is 1. The summed E-state index contributed by atoms with van der Waals surface area (Å²) in [5.41, 5.74) is 6.04. The number of nitrogen functional groups attached to an aromatic ring is 1. The van der Waals surface area contributed by atoms with Crippen LogP contribution in [0.25, 0.3) is 0 Å². The molecule has 16 heavy (non-hydrogen) atoms. The lowest BCUT2D eigenvalue weighted by molar-refractivity contribution is 0.102. The Hall–Kier alpha value is -0.740. The maximum absolute atomic E-state index is 11.8. The second-order valence-corrected chi connectivity index (χ2v) is 5.39. The molecule has 0 saturated heterocycles. The summed E-state index contributed by atoms with van der Waals surface area (Å²) in [6, 6.07) is 1.57. The number of ketones is 1. The van der Waals surface area contributed by atoms with E-state index >= 15 is 0 Å². The van der Waals surface area contributed by atoms with Crippen LogP contribution in [-0.4, -0.2) is 22.3 Å². The monoisotopic (exact) mass is 258 g/mol. The third-order valence-corrected chi connectivity index (χ3v) is 3.45. The molecule has 88 valence electrons. The number of rotatable bonds is 5. The van der Waals surface area contributed by atoms with Crippen molar-refractivity contribution in [2.75, 3.05) is 17.2 Å². The Morgan fingerprint density at radius 1 is 1.62 bits per heavy atom. The first-order valence-corrected chi connectivity index (χ1v) is 6.56. The molecule has 0 amide bonds. The van der Waals surface area contributed by atoms with Crippen LogP contribution in [0.5, 0.6) is 0 Å². The summed E-state index contributed by atoms with van der Waals surface area (Å²) in [5, 5.41) is 0.436. The van der Waals surface area contributed by atoms with Crippen molar-refractivity contribution in [3.63, 3.8) is 0 Å². The summed E-state index contributed by atoms with van der Waals surface area (Å²) in [6.07, 6.45) is 1.44. The van der Waals surface area contributed by atoms with E-state index in [0.29, 0.717) is 22.3 Å². The molecule has 0 saturated carbocycles. The van der Waals surface area contributed by atoms with Crippen LogP contribution in [0.4, 0.5) is 5.82 Å². The molecule has 0 bridgehead atoms. The minimum Gasteiger partial charge on any atom is -0.383 e. The van der Waals surface area contributed by atoms with Crippen LogP contribution >= 0.6 is 23.4 Å². The van der Waals surface area contributed by atoms with Gasteiger partial charge in [-0.2, -0.15) is 11.8 Å². The molecule has 0 atom stereocenters. The molecule has 1 heterocycles. The van der Waals surface area contributed by atoms with Crippen molar-refractivity contribution >= 4 is 35.0 Å².